The SMILES string of the molecule is O=C(c1ccc(Cl)cc1)c1sc(Nc2ccccc2)nc1NN=C1CCCCC1. The van der Waals surface area contributed by atoms with E-state index < -0.39 is 0 Å². The Bertz CT molecular complexity index is 1010. The zero-order valence-corrected chi connectivity index (χ0v) is 17.4. The number of aromatic nitrogens is 1. The van der Waals surface area contributed by atoms with Crippen molar-refractivity contribution in [2.45, 2.75) is 32.1 Å². The van der Waals surface area contributed by atoms with Crippen molar-refractivity contribution in [3.63, 3.8) is 0 Å². The van der Waals surface area contributed by atoms with Crippen molar-refractivity contribution in [1.82, 2.24) is 4.98 Å². The van der Waals surface area contributed by atoms with E-state index in [-0.39, 0.29) is 5.78 Å². The van der Waals surface area contributed by atoms with Gasteiger partial charge in [-0.05, 0) is 62.1 Å². The second-order valence-electron chi connectivity index (χ2n) is 6.87. The minimum Gasteiger partial charge on any atom is -0.331 e. The number of ketones is 1. The van der Waals surface area contributed by atoms with E-state index >= 15 is 0 Å². The number of para-hydroxylation sites is 1. The molecular formula is C22H21ClN4OS. The second-order valence-corrected chi connectivity index (χ2v) is 8.31. The van der Waals surface area contributed by atoms with E-state index in [1.54, 1.807) is 24.3 Å². The van der Waals surface area contributed by atoms with Crippen molar-refractivity contribution < 1.29 is 4.79 Å². The number of halogens is 1. The van der Waals surface area contributed by atoms with Gasteiger partial charge in [0.05, 0.1) is 0 Å². The fourth-order valence-corrected chi connectivity index (χ4v) is 4.21. The van der Waals surface area contributed by atoms with Crippen LogP contribution in [0.2, 0.25) is 5.02 Å². The molecule has 4 rings (SSSR count). The van der Waals surface area contributed by atoms with Crippen molar-refractivity contribution in [3.8, 4) is 0 Å². The number of carbonyl (C=O) groups is 1. The zero-order chi connectivity index (χ0) is 20.1. The van der Waals surface area contributed by atoms with E-state index in [1.807, 2.05) is 30.3 Å². The molecule has 3 aromatic rings. The summed E-state index contributed by atoms with van der Waals surface area (Å²) < 4.78 is 0. The summed E-state index contributed by atoms with van der Waals surface area (Å²) in [7, 11) is 0. The Balaban J connectivity index is 1.63. The summed E-state index contributed by atoms with van der Waals surface area (Å²) >= 11 is 7.27. The van der Waals surface area contributed by atoms with Gasteiger partial charge in [0.15, 0.2) is 10.9 Å². The van der Waals surface area contributed by atoms with Gasteiger partial charge < -0.3 is 5.32 Å². The summed E-state index contributed by atoms with van der Waals surface area (Å²) in [6.45, 7) is 0. The lowest BCUT2D eigenvalue weighted by Crippen LogP contribution is -2.09. The Morgan fingerprint density at radius 1 is 1.00 bits per heavy atom. The number of hydrogen-bond donors (Lipinski definition) is 2. The van der Waals surface area contributed by atoms with Gasteiger partial charge in [-0.2, -0.15) is 5.10 Å². The van der Waals surface area contributed by atoms with Crippen molar-refractivity contribution in [2.75, 3.05) is 10.7 Å². The molecule has 2 aromatic carbocycles. The molecule has 29 heavy (non-hydrogen) atoms. The van der Waals surface area contributed by atoms with Crippen LogP contribution in [0.5, 0.6) is 0 Å². The van der Waals surface area contributed by atoms with Crippen LogP contribution in [0.15, 0.2) is 59.7 Å². The van der Waals surface area contributed by atoms with Crippen LogP contribution in [0.1, 0.15) is 47.3 Å². The van der Waals surface area contributed by atoms with Crippen molar-refractivity contribution in [2.24, 2.45) is 5.10 Å². The van der Waals surface area contributed by atoms with E-state index in [0.29, 0.717) is 26.4 Å². The summed E-state index contributed by atoms with van der Waals surface area (Å²) in [5, 5.41) is 9.03. The van der Waals surface area contributed by atoms with Crippen LogP contribution in [0, 0.1) is 0 Å². The number of anilines is 3. The lowest BCUT2D eigenvalue weighted by atomic mass is 9.99. The third kappa shape index (κ3) is 5.02. The van der Waals surface area contributed by atoms with E-state index in [4.69, 9.17) is 11.6 Å². The molecule has 0 saturated heterocycles. The molecule has 1 fully saturated rings. The van der Waals surface area contributed by atoms with Crippen LogP contribution in [0.4, 0.5) is 16.6 Å². The molecule has 2 N–H and O–H groups in total. The van der Waals surface area contributed by atoms with Crippen LogP contribution < -0.4 is 10.7 Å². The number of nitrogens with one attached hydrogen (secondary N) is 2. The highest BCUT2D eigenvalue weighted by Gasteiger charge is 2.20. The maximum Gasteiger partial charge on any atom is 0.206 e. The number of nitrogens with zero attached hydrogens (tertiary/aromatic N) is 2. The first-order chi connectivity index (χ1) is 14.2. The molecule has 0 atom stereocenters. The minimum atomic E-state index is -0.105. The molecule has 148 valence electrons. The molecule has 5 nitrogen and oxygen atoms in total. The van der Waals surface area contributed by atoms with Gasteiger partial charge in [0, 0.05) is 22.0 Å². The number of carbonyl (C=O) groups excluding carboxylic acids is 1. The minimum absolute atomic E-state index is 0.105. The van der Waals surface area contributed by atoms with E-state index in [2.05, 4.69) is 20.8 Å². The Morgan fingerprint density at radius 3 is 2.45 bits per heavy atom. The van der Waals surface area contributed by atoms with E-state index in [9.17, 15) is 4.79 Å². The molecule has 0 bridgehead atoms. The number of rotatable bonds is 6. The summed E-state index contributed by atoms with van der Waals surface area (Å²) in [5.41, 5.74) is 5.66. The molecule has 1 heterocycles. The molecule has 1 aromatic heterocycles. The number of hydrazone groups is 1. The average Bonchev–Trinajstić information content (AvgIpc) is 3.16. The van der Waals surface area contributed by atoms with Crippen LogP contribution >= 0.6 is 22.9 Å². The average molecular weight is 425 g/mol. The molecule has 0 radical (unpaired) electrons. The van der Waals surface area contributed by atoms with Gasteiger partial charge >= 0.3 is 0 Å². The Morgan fingerprint density at radius 2 is 1.72 bits per heavy atom. The molecule has 0 spiro atoms. The van der Waals surface area contributed by atoms with Gasteiger partial charge in [-0.3, -0.25) is 10.2 Å². The van der Waals surface area contributed by atoms with Gasteiger partial charge in [0.25, 0.3) is 0 Å². The monoisotopic (exact) mass is 424 g/mol. The molecule has 0 unspecified atom stereocenters. The molecule has 1 aliphatic carbocycles. The van der Waals surface area contributed by atoms with Crippen molar-refractivity contribution >= 4 is 51.1 Å². The zero-order valence-electron chi connectivity index (χ0n) is 15.8. The highest BCUT2D eigenvalue weighted by molar-refractivity contribution is 7.18. The molecule has 1 aliphatic rings. The molecule has 0 aliphatic heterocycles. The summed E-state index contributed by atoms with van der Waals surface area (Å²) in [6.07, 6.45) is 5.56. The molecule has 7 heteroatoms. The topological polar surface area (TPSA) is 66.4 Å². The summed E-state index contributed by atoms with van der Waals surface area (Å²) in [4.78, 5) is 18.2. The van der Waals surface area contributed by atoms with Crippen LogP contribution in [0.25, 0.3) is 0 Å². The third-order valence-corrected chi connectivity index (χ3v) is 5.94. The number of benzene rings is 2. The first kappa shape index (κ1) is 19.6. The number of thiazole rings is 1. The van der Waals surface area contributed by atoms with Crippen molar-refractivity contribution in [3.05, 3.63) is 70.1 Å². The van der Waals surface area contributed by atoms with Crippen LogP contribution in [0.3, 0.4) is 0 Å². The highest BCUT2D eigenvalue weighted by Crippen LogP contribution is 2.32. The normalized spacial score (nSPS) is 13.8. The van der Waals surface area contributed by atoms with Gasteiger partial charge in [0.1, 0.15) is 4.88 Å². The van der Waals surface area contributed by atoms with Crippen LogP contribution in [-0.2, 0) is 0 Å². The highest BCUT2D eigenvalue weighted by atomic mass is 35.5. The third-order valence-electron chi connectivity index (χ3n) is 4.72. The first-order valence-corrected chi connectivity index (χ1v) is 10.8. The molecular weight excluding hydrogens is 404 g/mol. The van der Waals surface area contributed by atoms with Gasteiger partial charge in [-0.1, -0.05) is 47.6 Å². The fourth-order valence-electron chi connectivity index (χ4n) is 3.18. The predicted molar refractivity (Wildman–Crippen MR) is 121 cm³/mol. The lowest BCUT2D eigenvalue weighted by molar-refractivity contribution is 0.104. The molecule has 1 saturated carbocycles. The van der Waals surface area contributed by atoms with Gasteiger partial charge in [-0.15, -0.1) is 0 Å². The first-order valence-electron chi connectivity index (χ1n) is 9.63. The number of hydrogen-bond acceptors (Lipinski definition) is 6. The second kappa shape index (κ2) is 9.20. The summed E-state index contributed by atoms with van der Waals surface area (Å²) in [6, 6.07) is 16.7. The lowest BCUT2D eigenvalue weighted by Gasteiger charge is -2.12. The Kier molecular flexibility index (Phi) is 6.22. The summed E-state index contributed by atoms with van der Waals surface area (Å²) in [5.74, 6) is 0.373. The Hall–Kier alpha value is -2.70. The maximum absolute atomic E-state index is 13.1. The Labute approximate surface area is 178 Å². The van der Waals surface area contributed by atoms with Crippen LogP contribution in [-0.4, -0.2) is 16.5 Å². The maximum atomic E-state index is 13.1. The fraction of sp³-hybridized carbons (Fsp3) is 0.227. The van der Waals surface area contributed by atoms with E-state index in [0.717, 1.165) is 37.1 Å². The van der Waals surface area contributed by atoms with Gasteiger partial charge in [0.2, 0.25) is 5.78 Å². The standard InChI is InChI=1S/C22H21ClN4OS/c23-16-13-11-15(12-14-16)19(28)20-21(27-26-18-9-5-2-6-10-18)25-22(29-20)24-17-7-3-1-4-8-17/h1,3-4,7-8,11-14,27H,2,5-6,9-10H2,(H,24,25). The largest absolute Gasteiger partial charge is 0.331 e. The van der Waals surface area contributed by atoms with E-state index in [1.165, 1.54) is 17.8 Å². The smallest absolute Gasteiger partial charge is 0.206 e. The molecule has 0 amide bonds. The van der Waals surface area contributed by atoms with Crippen molar-refractivity contribution in [1.29, 1.82) is 0 Å². The predicted octanol–water partition coefficient (Wildman–Crippen LogP) is 6.50. The van der Waals surface area contributed by atoms with Gasteiger partial charge in [-0.25, -0.2) is 4.98 Å². The quantitative estimate of drug-likeness (QED) is 0.350.